The van der Waals surface area contributed by atoms with Crippen LogP contribution in [0, 0.1) is 11.6 Å². The maximum Gasteiger partial charge on any atom is 0.161 e. The minimum Gasteiger partial charge on any atom is -0.337 e. The first-order chi connectivity index (χ1) is 7.74. The number of aromatic amines is 2. The van der Waals surface area contributed by atoms with Gasteiger partial charge in [0, 0.05) is 18.3 Å². The van der Waals surface area contributed by atoms with Gasteiger partial charge in [0.15, 0.2) is 17.5 Å². The molecule has 0 atom stereocenters. The summed E-state index contributed by atoms with van der Waals surface area (Å²) in [4.78, 5) is 7.00. The second-order valence-electron chi connectivity index (χ2n) is 3.34. The third kappa shape index (κ3) is 1.27. The summed E-state index contributed by atoms with van der Waals surface area (Å²) in [7, 11) is 0. The van der Waals surface area contributed by atoms with Crippen LogP contribution in [0.2, 0.25) is 0 Å². The molecule has 1 aromatic carbocycles. The van der Waals surface area contributed by atoms with Crippen molar-refractivity contribution in [2.45, 2.75) is 0 Å². The number of nitrogens with zero attached hydrogens (tertiary/aromatic N) is 2. The molecule has 0 bridgehead atoms. The lowest BCUT2D eigenvalue weighted by Gasteiger charge is -1.90. The number of benzene rings is 1. The Morgan fingerprint density at radius 1 is 1.12 bits per heavy atom. The zero-order valence-electron chi connectivity index (χ0n) is 7.96. The van der Waals surface area contributed by atoms with Crippen LogP contribution in [0.15, 0.2) is 24.4 Å². The van der Waals surface area contributed by atoms with Crippen molar-refractivity contribution in [1.29, 1.82) is 0 Å². The monoisotopic (exact) mass is 220 g/mol. The molecule has 2 N–H and O–H groups in total. The Bertz CT molecular complexity index is 603. The van der Waals surface area contributed by atoms with Crippen molar-refractivity contribution in [3.63, 3.8) is 0 Å². The molecule has 0 fully saturated rings. The van der Waals surface area contributed by atoms with Gasteiger partial charge in [-0.15, -0.1) is 0 Å². The molecule has 80 valence electrons. The van der Waals surface area contributed by atoms with E-state index in [1.807, 2.05) is 0 Å². The van der Waals surface area contributed by atoms with Gasteiger partial charge in [0.05, 0.1) is 11.0 Å². The molecule has 0 amide bonds. The number of nitrogens with one attached hydrogen (secondary N) is 2. The molecule has 6 heteroatoms. The Hall–Kier alpha value is -2.24. The number of aromatic nitrogens is 4. The highest BCUT2D eigenvalue weighted by Crippen LogP contribution is 2.20. The number of halogens is 2. The van der Waals surface area contributed by atoms with Crippen molar-refractivity contribution < 1.29 is 8.78 Å². The van der Waals surface area contributed by atoms with Crippen molar-refractivity contribution in [2.24, 2.45) is 0 Å². The zero-order chi connectivity index (χ0) is 11.1. The molecule has 3 aromatic rings. The van der Waals surface area contributed by atoms with Gasteiger partial charge in [-0.1, -0.05) is 0 Å². The second kappa shape index (κ2) is 3.13. The van der Waals surface area contributed by atoms with Crippen LogP contribution in [0.1, 0.15) is 0 Å². The van der Waals surface area contributed by atoms with E-state index in [-0.39, 0.29) is 0 Å². The number of hydrogen-bond donors (Lipinski definition) is 2. The zero-order valence-corrected chi connectivity index (χ0v) is 7.96. The average Bonchev–Trinajstić information content (AvgIpc) is 2.86. The molecule has 16 heavy (non-hydrogen) atoms. The predicted molar refractivity (Wildman–Crippen MR) is 53.6 cm³/mol. The summed E-state index contributed by atoms with van der Waals surface area (Å²) in [5.74, 6) is -1.31. The van der Waals surface area contributed by atoms with E-state index in [2.05, 4.69) is 20.2 Å². The van der Waals surface area contributed by atoms with E-state index in [1.165, 1.54) is 0 Å². The standard InChI is InChI=1S/C10H6F2N4/c11-5-3-8-9(4-6(5)12)15-10(14-8)7-1-2-13-16-7/h1-4H,(H,13,16)(H,14,15). The Labute approximate surface area is 88.3 Å². The highest BCUT2D eigenvalue weighted by Gasteiger charge is 2.10. The molecule has 0 saturated carbocycles. The van der Waals surface area contributed by atoms with Gasteiger partial charge in [0.1, 0.15) is 5.69 Å². The molecule has 3 rings (SSSR count). The molecule has 0 saturated heterocycles. The fourth-order valence-corrected chi connectivity index (χ4v) is 1.52. The average molecular weight is 220 g/mol. The molecule has 0 radical (unpaired) electrons. The minimum absolute atomic E-state index is 0.378. The third-order valence-corrected chi connectivity index (χ3v) is 2.28. The van der Waals surface area contributed by atoms with E-state index in [0.717, 1.165) is 12.1 Å². The number of imidazole rings is 1. The van der Waals surface area contributed by atoms with Gasteiger partial charge >= 0.3 is 0 Å². The van der Waals surface area contributed by atoms with E-state index < -0.39 is 11.6 Å². The predicted octanol–water partition coefficient (Wildman–Crippen LogP) is 2.23. The molecule has 4 nitrogen and oxygen atoms in total. The lowest BCUT2D eigenvalue weighted by molar-refractivity contribution is 0.510. The summed E-state index contributed by atoms with van der Waals surface area (Å²) in [5.41, 5.74) is 1.49. The number of fused-ring (bicyclic) bond motifs is 1. The molecule has 0 spiro atoms. The number of hydrogen-bond acceptors (Lipinski definition) is 2. The first-order valence-corrected chi connectivity index (χ1v) is 4.58. The molecule has 0 aliphatic carbocycles. The summed E-state index contributed by atoms with van der Waals surface area (Å²) >= 11 is 0. The van der Waals surface area contributed by atoms with Crippen LogP contribution in [0.4, 0.5) is 8.78 Å². The highest BCUT2D eigenvalue weighted by atomic mass is 19.2. The lowest BCUT2D eigenvalue weighted by atomic mass is 10.3. The summed E-state index contributed by atoms with van der Waals surface area (Å²) in [5, 5.41) is 6.48. The fraction of sp³-hybridized carbons (Fsp3) is 0. The Kier molecular flexibility index (Phi) is 1.76. The maximum absolute atomic E-state index is 13.0. The van der Waals surface area contributed by atoms with Crippen LogP contribution in [-0.2, 0) is 0 Å². The van der Waals surface area contributed by atoms with Crippen molar-refractivity contribution in [3.8, 4) is 11.5 Å². The highest BCUT2D eigenvalue weighted by molar-refractivity contribution is 5.78. The van der Waals surface area contributed by atoms with Crippen LogP contribution in [-0.4, -0.2) is 20.2 Å². The summed E-state index contributed by atoms with van der Waals surface area (Å²) in [6, 6.07) is 3.85. The fourth-order valence-electron chi connectivity index (χ4n) is 1.52. The largest absolute Gasteiger partial charge is 0.337 e. The van der Waals surface area contributed by atoms with Gasteiger partial charge in [-0.25, -0.2) is 13.8 Å². The summed E-state index contributed by atoms with van der Waals surface area (Å²) in [6.45, 7) is 0. The SMILES string of the molecule is Fc1cc2nc(-c3ccn[nH]3)[nH]c2cc1F. The van der Waals surface area contributed by atoms with Crippen LogP contribution in [0.25, 0.3) is 22.6 Å². The van der Waals surface area contributed by atoms with Crippen molar-refractivity contribution in [3.05, 3.63) is 36.0 Å². The van der Waals surface area contributed by atoms with Gasteiger partial charge in [0.25, 0.3) is 0 Å². The molecule has 2 heterocycles. The van der Waals surface area contributed by atoms with E-state index in [0.29, 0.717) is 22.6 Å². The first-order valence-electron chi connectivity index (χ1n) is 4.58. The van der Waals surface area contributed by atoms with Gasteiger partial charge in [-0.05, 0) is 6.07 Å². The number of H-pyrrole nitrogens is 2. The van der Waals surface area contributed by atoms with Gasteiger partial charge < -0.3 is 4.98 Å². The summed E-state index contributed by atoms with van der Waals surface area (Å²) in [6.07, 6.45) is 1.57. The lowest BCUT2D eigenvalue weighted by Crippen LogP contribution is -1.82. The Morgan fingerprint density at radius 2 is 1.94 bits per heavy atom. The van der Waals surface area contributed by atoms with Crippen LogP contribution in [0.3, 0.4) is 0 Å². The van der Waals surface area contributed by atoms with E-state index in [4.69, 9.17) is 0 Å². The molecular weight excluding hydrogens is 214 g/mol. The van der Waals surface area contributed by atoms with Gasteiger partial charge in [-0.3, -0.25) is 5.10 Å². The number of rotatable bonds is 1. The Balaban J connectivity index is 2.23. The Morgan fingerprint density at radius 3 is 2.69 bits per heavy atom. The molecule has 0 aliphatic rings. The van der Waals surface area contributed by atoms with Crippen LogP contribution < -0.4 is 0 Å². The van der Waals surface area contributed by atoms with E-state index in [9.17, 15) is 8.78 Å². The normalized spacial score (nSPS) is 11.1. The molecule has 0 aliphatic heterocycles. The first kappa shape index (κ1) is 9.02. The maximum atomic E-state index is 13.0. The van der Waals surface area contributed by atoms with Crippen LogP contribution in [0.5, 0.6) is 0 Å². The van der Waals surface area contributed by atoms with Gasteiger partial charge in [0.2, 0.25) is 0 Å². The van der Waals surface area contributed by atoms with Crippen molar-refractivity contribution in [2.75, 3.05) is 0 Å². The second-order valence-corrected chi connectivity index (χ2v) is 3.34. The molecular formula is C10H6F2N4. The molecule has 0 unspecified atom stereocenters. The van der Waals surface area contributed by atoms with Crippen LogP contribution >= 0.6 is 0 Å². The van der Waals surface area contributed by atoms with Gasteiger partial charge in [-0.2, -0.15) is 5.10 Å². The minimum atomic E-state index is -0.907. The molecule has 2 aromatic heterocycles. The van der Waals surface area contributed by atoms with E-state index >= 15 is 0 Å². The quantitative estimate of drug-likeness (QED) is 0.660. The topological polar surface area (TPSA) is 57.4 Å². The van der Waals surface area contributed by atoms with Crippen molar-refractivity contribution in [1.82, 2.24) is 20.2 Å². The third-order valence-electron chi connectivity index (χ3n) is 2.28. The van der Waals surface area contributed by atoms with Crippen molar-refractivity contribution >= 4 is 11.0 Å². The smallest absolute Gasteiger partial charge is 0.161 e. The van der Waals surface area contributed by atoms with E-state index in [1.54, 1.807) is 12.3 Å². The summed E-state index contributed by atoms with van der Waals surface area (Å²) < 4.78 is 25.9.